The van der Waals surface area contributed by atoms with Crippen molar-refractivity contribution in [1.29, 1.82) is 0 Å². The average molecular weight is 636 g/mol. The number of carbonyl (C=O) groups is 3. The van der Waals surface area contributed by atoms with E-state index >= 15 is 0 Å². The maximum atomic E-state index is 14.3. The van der Waals surface area contributed by atoms with Gasteiger partial charge in [-0.05, 0) is 73.5 Å². The summed E-state index contributed by atoms with van der Waals surface area (Å²) in [7, 11) is 1.31. The molecule has 0 aromatic heterocycles. The van der Waals surface area contributed by atoms with Crippen molar-refractivity contribution < 1.29 is 23.9 Å². The Kier molecular flexibility index (Phi) is 7.94. The zero-order valence-electron chi connectivity index (χ0n) is 22.3. The molecule has 7 nitrogen and oxygen atoms in total. The van der Waals surface area contributed by atoms with Gasteiger partial charge in [0.2, 0.25) is 11.8 Å². The van der Waals surface area contributed by atoms with Crippen LogP contribution in [0.25, 0.3) is 0 Å². The van der Waals surface area contributed by atoms with E-state index in [1.807, 2.05) is 0 Å². The van der Waals surface area contributed by atoms with Gasteiger partial charge in [-0.15, -0.1) is 0 Å². The van der Waals surface area contributed by atoms with Gasteiger partial charge in [0.15, 0.2) is 0 Å². The second-order valence-corrected chi connectivity index (χ2v) is 12.5. The molecule has 11 heteroatoms. The van der Waals surface area contributed by atoms with E-state index in [0.29, 0.717) is 48.2 Å². The number of fused-ring (bicyclic) bond motifs is 2. The first-order valence-electron chi connectivity index (χ1n) is 12.7. The van der Waals surface area contributed by atoms with Crippen LogP contribution in [0.4, 0.5) is 5.69 Å². The number of methoxy groups -OCH3 is 1. The fourth-order valence-electron chi connectivity index (χ4n) is 5.77. The fourth-order valence-corrected chi connectivity index (χ4v) is 6.53. The smallest absolute Gasteiger partial charge is 0.314 e. The molecule has 2 amide bonds. The molecule has 2 aliphatic heterocycles. The number of esters is 1. The Hall–Kier alpha value is -2.97. The Morgan fingerprint density at radius 3 is 2.29 bits per heavy atom. The van der Waals surface area contributed by atoms with Gasteiger partial charge >= 0.3 is 5.97 Å². The lowest BCUT2D eigenvalue weighted by atomic mass is 9.59. The molecule has 1 fully saturated rings. The molecule has 0 aliphatic carbocycles. The second-order valence-electron chi connectivity index (χ2n) is 10.8. The van der Waals surface area contributed by atoms with Crippen molar-refractivity contribution in [3.8, 4) is 5.75 Å². The first-order chi connectivity index (χ1) is 19.4. The number of benzene rings is 3. The molecule has 2 aliphatic rings. The molecule has 3 aromatic rings. The number of carbonyl (C=O) groups excluding carboxylic acids is 3. The van der Waals surface area contributed by atoms with Crippen molar-refractivity contribution in [3.63, 3.8) is 0 Å². The van der Waals surface area contributed by atoms with Crippen LogP contribution < -0.4 is 15.4 Å². The number of nitrogens with one attached hydrogen (secondary N) is 2. The van der Waals surface area contributed by atoms with E-state index in [1.165, 1.54) is 7.11 Å². The summed E-state index contributed by atoms with van der Waals surface area (Å²) in [6.07, 6.45) is -0.0682. The van der Waals surface area contributed by atoms with Gasteiger partial charge in [0.05, 0.1) is 18.6 Å². The van der Waals surface area contributed by atoms with Crippen molar-refractivity contribution in [2.45, 2.75) is 37.6 Å². The van der Waals surface area contributed by atoms with Crippen LogP contribution in [0, 0.1) is 5.41 Å². The van der Waals surface area contributed by atoms with Crippen molar-refractivity contribution in [2.75, 3.05) is 19.0 Å². The van der Waals surface area contributed by atoms with Gasteiger partial charge in [0, 0.05) is 43.7 Å². The van der Waals surface area contributed by atoms with Crippen LogP contribution in [-0.4, -0.2) is 31.5 Å². The van der Waals surface area contributed by atoms with Gasteiger partial charge in [0.1, 0.15) is 17.8 Å². The molecule has 1 spiro atoms. The number of amides is 2. The molecule has 1 saturated heterocycles. The van der Waals surface area contributed by atoms with Crippen molar-refractivity contribution >= 4 is 69.9 Å². The minimum absolute atomic E-state index is 0.0256. The summed E-state index contributed by atoms with van der Waals surface area (Å²) < 4.78 is 11.1. The summed E-state index contributed by atoms with van der Waals surface area (Å²) >= 11 is 25.9. The fraction of sp³-hybridized carbons (Fsp3) is 0.300. The molecule has 0 bridgehead atoms. The van der Waals surface area contributed by atoms with Crippen molar-refractivity contribution in [2.24, 2.45) is 5.41 Å². The summed E-state index contributed by atoms with van der Waals surface area (Å²) in [5, 5.41) is 7.54. The average Bonchev–Trinajstić information content (AvgIpc) is 3.20. The van der Waals surface area contributed by atoms with Crippen molar-refractivity contribution in [3.05, 3.63) is 91.4 Å². The topological polar surface area (TPSA) is 93.7 Å². The Morgan fingerprint density at radius 2 is 1.59 bits per heavy atom. The third-order valence-corrected chi connectivity index (χ3v) is 8.74. The van der Waals surface area contributed by atoms with Crippen LogP contribution in [0.1, 0.15) is 48.9 Å². The molecule has 214 valence electrons. The highest BCUT2D eigenvalue weighted by Crippen LogP contribution is 2.59. The van der Waals surface area contributed by atoms with Gasteiger partial charge in [-0.2, -0.15) is 0 Å². The van der Waals surface area contributed by atoms with Crippen LogP contribution in [0.3, 0.4) is 0 Å². The van der Waals surface area contributed by atoms with E-state index in [1.54, 1.807) is 68.4 Å². The monoisotopic (exact) mass is 634 g/mol. The molecule has 2 heterocycles. The highest BCUT2D eigenvalue weighted by Gasteiger charge is 2.62. The zero-order valence-corrected chi connectivity index (χ0v) is 25.3. The minimum atomic E-state index is -1.40. The van der Waals surface area contributed by atoms with E-state index in [4.69, 9.17) is 55.9 Å². The SMILES string of the molecule is COC(=O)C(C)(C)COc1ccc(Cl)cc1[C@H]1CC(=O)N[C@@H](c2cc(Cl)ccc2Cl)[C@]12C(=O)Nc1cc(Cl)ccc12. The maximum absolute atomic E-state index is 14.3. The van der Waals surface area contributed by atoms with E-state index in [2.05, 4.69) is 10.6 Å². The Balaban J connectivity index is 1.75. The minimum Gasteiger partial charge on any atom is -0.492 e. The van der Waals surface area contributed by atoms with E-state index < -0.39 is 28.8 Å². The van der Waals surface area contributed by atoms with E-state index in [-0.39, 0.29) is 24.8 Å². The molecule has 0 saturated carbocycles. The number of halogens is 4. The number of hydrogen-bond donors (Lipinski definition) is 2. The summed E-state index contributed by atoms with van der Waals surface area (Å²) in [5.41, 5.74) is -0.233. The number of anilines is 1. The first-order valence-corrected chi connectivity index (χ1v) is 14.3. The molecular formula is C30H26Cl4N2O5. The van der Waals surface area contributed by atoms with E-state index in [0.717, 1.165) is 0 Å². The van der Waals surface area contributed by atoms with Crippen LogP contribution >= 0.6 is 46.4 Å². The third-order valence-electron chi connectivity index (χ3n) is 7.69. The first kappa shape index (κ1) is 29.5. The van der Waals surface area contributed by atoms with Crippen LogP contribution in [0.5, 0.6) is 5.75 Å². The van der Waals surface area contributed by atoms with Crippen molar-refractivity contribution in [1.82, 2.24) is 5.32 Å². The van der Waals surface area contributed by atoms with Crippen LogP contribution in [-0.2, 0) is 24.5 Å². The molecule has 3 aromatic carbocycles. The largest absolute Gasteiger partial charge is 0.492 e. The number of hydrogen-bond acceptors (Lipinski definition) is 5. The molecule has 0 unspecified atom stereocenters. The standard InChI is InChI=1S/C30H26Cl4N2O5/c1-29(2,28(39)40-3)14-41-24-9-6-16(32)10-18(24)21-13-25(37)36-26(19-11-15(31)5-8-22(19)34)30(21)20-7-4-17(33)12-23(20)35-27(30)38/h4-12,21,26H,13-14H2,1-3H3,(H,35,38)(H,36,37)/t21-,26+,30-/m1/s1. The molecule has 2 N–H and O–H groups in total. The highest BCUT2D eigenvalue weighted by atomic mass is 35.5. The molecule has 3 atom stereocenters. The highest BCUT2D eigenvalue weighted by molar-refractivity contribution is 6.34. The Bertz CT molecular complexity index is 1580. The van der Waals surface area contributed by atoms with Gasteiger partial charge in [-0.3, -0.25) is 14.4 Å². The van der Waals surface area contributed by atoms with E-state index in [9.17, 15) is 14.4 Å². The Labute approximate surface area is 257 Å². The summed E-state index contributed by atoms with van der Waals surface area (Å²) in [5.74, 6) is -1.51. The summed E-state index contributed by atoms with van der Waals surface area (Å²) in [4.78, 5) is 40.1. The maximum Gasteiger partial charge on any atom is 0.314 e. The number of rotatable bonds is 6. The lowest BCUT2D eigenvalue weighted by molar-refractivity contribution is -0.152. The molecule has 0 radical (unpaired) electrons. The van der Waals surface area contributed by atoms with Gasteiger partial charge in [-0.25, -0.2) is 0 Å². The van der Waals surface area contributed by atoms with Gasteiger partial charge in [0.25, 0.3) is 0 Å². The predicted molar refractivity (Wildman–Crippen MR) is 159 cm³/mol. The Morgan fingerprint density at radius 1 is 0.951 bits per heavy atom. The van der Waals surface area contributed by atoms with Gasteiger partial charge in [-0.1, -0.05) is 52.5 Å². The molecular weight excluding hydrogens is 610 g/mol. The second kappa shape index (κ2) is 11.0. The van der Waals surface area contributed by atoms with Crippen LogP contribution in [0.15, 0.2) is 54.6 Å². The molecule has 41 heavy (non-hydrogen) atoms. The molecule has 5 rings (SSSR count). The summed E-state index contributed by atoms with van der Waals surface area (Å²) in [6.45, 7) is 3.37. The van der Waals surface area contributed by atoms with Crippen LogP contribution in [0.2, 0.25) is 20.1 Å². The zero-order chi connectivity index (χ0) is 29.7. The lowest BCUT2D eigenvalue weighted by Crippen LogP contribution is -2.57. The van der Waals surface area contributed by atoms with Gasteiger partial charge < -0.3 is 20.1 Å². The number of piperidine rings is 1. The predicted octanol–water partition coefficient (Wildman–Crippen LogP) is 7.11. The number of ether oxygens (including phenoxy) is 2. The lowest BCUT2D eigenvalue weighted by Gasteiger charge is -2.47. The summed E-state index contributed by atoms with van der Waals surface area (Å²) in [6, 6.07) is 14.1. The quantitative estimate of drug-likeness (QED) is 0.282. The third kappa shape index (κ3) is 5.14. The normalized spacial score (nSPS) is 21.7.